The highest BCUT2D eigenvalue weighted by Gasteiger charge is 2.26. The van der Waals surface area contributed by atoms with Crippen LogP contribution in [0.4, 0.5) is 4.39 Å². The van der Waals surface area contributed by atoms with Gasteiger partial charge in [0.1, 0.15) is 17.6 Å². The van der Waals surface area contributed by atoms with Crippen molar-refractivity contribution in [1.82, 2.24) is 16.2 Å². The van der Waals surface area contributed by atoms with E-state index in [4.69, 9.17) is 4.74 Å². The number of carbonyl (C=O) groups excluding carboxylic acids is 3. The maximum atomic E-state index is 13.9. The first-order chi connectivity index (χ1) is 16.4. The van der Waals surface area contributed by atoms with Crippen molar-refractivity contribution in [1.29, 1.82) is 0 Å². The quantitative estimate of drug-likeness (QED) is 0.446. The Labute approximate surface area is 197 Å². The van der Waals surface area contributed by atoms with Crippen molar-refractivity contribution in [2.45, 2.75) is 19.9 Å². The molecule has 0 fully saturated rings. The Balaban J connectivity index is 1.55. The van der Waals surface area contributed by atoms with Crippen LogP contribution in [0.25, 0.3) is 11.1 Å². The van der Waals surface area contributed by atoms with Gasteiger partial charge < -0.3 is 10.1 Å². The molecular formula is C26H26FN3O4. The minimum atomic E-state index is -0.993. The van der Waals surface area contributed by atoms with Crippen molar-refractivity contribution in [3.8, 4) is 16.9 Å². The summed E-state index contributed by atoms with van der Waals surface area (Å²) in [6.07, 6.45) is 0. The fourth-order valence-electron chi connectivity index (χ4n) is 3.24. The molecule has 8 heteroatoms. The van der Waals surface area contributed by atoms with Gasteiger partial charge in [0.05, 0.1) is 5.56 Å². The van der Waals surface area contributed by atoms with E-state index in [1.807, 2.05) is 42.5 Å². The van der Waals surface area contributed by atoms with Gasteiger partial charge in [-0.15, -0.1) is 0 Å². The van der Waals surface area contributed by atoms with E-state index in [9.17, 15) is 18.8 Å². The number of benzene rings is 3. The van der Waals surface area contributed by atoms with E-state index in [-0.39, 0.29) is 18.1 Å². The number of hydrogen-bond acceptors (Lipinski definition) is 4. The lowest BCUT2D eigenvalue weighted by molar-refractivity contribution is -0.131. The molecule has 1 atom stereocenters. The molecule has 0 saturated carbocycles. The molecule has 3 aromatic rings. The van der Waals surface area contributed by atoms with Crippen molar-refractivity contribution in [2.75, 3.05) is 6.61 Å². The molecule has 0 aliphatic heterocycles. The Hall–Kier alpha value is -4.20. The molecule has 0 heterocycles. The van der Waals surface area contributed by atoms with Gasteiger partial charge in [-0.05, 0) is 29.7 Å². The zero-order chi connectivity index (χ0) is 24.5. The summed E-state index contributed by atoms with van der Waals surface area (Å²) in [6.45, 7) is 3.10. The third kappa shape index (κ3) is 6.41. The zero-order valence-corrected chi connectivity index (χ0v) is 18.9. The summed E-state index contributed by atoms with van der Waals surface area (Å²) in [5.74, 6) is -2.44. The van der Waals surface area contributed by atoms with Gasteiger partial charge >= 0.3 is 0 Å². The standard InChI is InChI=1S/C26H26FN3O4/c1-17(2)24(28-25(32)20-13-6-8-14-21(20)27)26(33)30-29-23(31)16-34-22-15-9-7-12-19(22)18-10-4-3-5-11-18/h3-15,17,24H,16H2,1-2H3,(H,28,32)(H,29,31)(H,30,33)/t24-/m0/s1. The van der Waals surface area contributed by atoms with E-state index in [1.165, 1.54) is 18.2 Å². The highest BCUT2D eigenvalue weighted by molar-refractivity contribution is 5.98. The summed E-state index contributed by atoms with van der Waals surface area (Å²) in [5.41, 5.74) is 6.17. The van der Waals surface area contributed by atoms with E-state index in [0.717, 1.165) is 17.2 Å². The van der Waals surface area contributed by atoms with E-state index >= 15 is 0 Å². The fourth-order valence-corrected chi connectivity index (χ4v) is 3.24. The molecule has 0 aliphatic carbocycles. The van der Waals surface area contributed by atoms with Crippen LogP contribution in [0.3, 0.4) is 0 Å². The van der Waals surface area contributed by atoms with Crippen molar-refractivity contribution in [2.24, 2.45) is 5.92 Å². The van der Waals surface area contributed by atoms with Crippen LogP contribution >= 0.6 is 0 Å². The highest BCUT2D eigenvalue weighted by Crippen LogP contribution is 2.29. The van der Waals surface area contributed by atoms with Crippen molar-refractivity contribution in [3.05, 3.63) is 90.2 Å². The van der Waals surface area contributed by atoms with Crippen LogP contribution in [0.2, 0.25) is 0 Å². The number of rotatable bonds is 8. The Bertz CT molecular complexity index is 1150. The molecule has 0 aliphatic rings. The van der Waals surface area contributed by atoms with Gasteiger partial charge in [-0.25, -0.2) is 4.39 Å². The number of hydrogen-bond donors (Lipinski definition) is 3. The van der Waals surface area contributed by atoms with Gasteiger partial charge in [0.15, 0.2) is 6.61 Å². The monoisotopic (exact) mass is 463 g/mol. The second-order valence-electron chi connectivity index (χ2n) is 7.86. The summed E-state index contributed by atoms with van der Waals surface area (Å²) in [6, 6.07) is 21.4. The lowest BCUT2D eigenvalue weighted by Gasteiger charge is -2.22. The average molecular weight is 464 g/mol. The molecule has 0 radical (unpaired) electrons. The minimum absolute atomic E-state index is 0.171. The molecule has 3 aromatic carbocycles. The first kappa shape index (κ1) is 24.4. The number of hydrazine groups is 1. The maximum Gasteiger partial charge on any atom is 0.276 e. The Morgan fingerprint density at radius 1 is 0.853 bits per heavy atom. The summed E-state index contributed by atoms with van der Waals surface area (Å²) < 4.78 is 19.5. The molecule has 34 heavy (non-hydrogen) atoms. The van der Waals surface area contributed by atoms with Crippen LogP contribution < -0.4 is 20.9 Å². The molecule has 0 aromatic heterocycles. The molecule has 3 amide bonds. The van der Waals surface area contributed by atoms with Gasteiger partial charge in [-0.3, -0.25) is 25.2 Å². The number of ether oxygens (including phenoxy) is 1. The predicted octanol–water partition coefficient (Wildman–Crippen LogP) is 3.47. The smallest absolute Gasteiger partial charge is 0.276 e. The molecule has 0 saturated heterocycles. The number of halogens is 1. The summed E-state index contributed by atoms with van der Waals surface area (Å²) in [5, 5.41) is 2.51. The number of amides is 3. The number of nitrogens with one attached hydrogen (secondary N) is 3. The van der Waals surface area contributed by atoms with E-state index in [0.29, 0.717) is 5.75 Å². The van der Waals surface area contributed by atoms with Crippen LogP contribution in [-0.4, -0.2) is 30.4 Å². The molecule has 3 rings (SSSR count). The first-order valence-electron chi connectivity index (χ1n) is 10.8. The topological polar surface area (TPSA) is 96.5 Å². The largest absolute Gasteiger partial charge is 0.483 e. The molecule has 0 unspecified atom stereocenters. The fraction of sp³-hybridized carbons (Fsp3) is 0.192. The van der Waals surface area contributed by atoms with Crippen LogP contribution in [-0.2, 0) is 9.59 Å². The van der Waals surface area contributed by atoms with Gasteiger partial charge in [0.2, 0.25) is 0 Å². The molecule has 7 nitrogen and oxygen atoms in total. The molecule has 3 N–H and O–H groups in total. The molecular weight excluding hydrogens is 437 g/mol. The van der Waals surface area contributed by atoms with Crippen molar-refractivity contribution >= 4 is 17.7 Å². The molecule has 176 valence electrons. The van der Waals surface area contributed by atoms with Gasteiger partial charge in [0, 0.05) is 5.56 Å². The van der Waals surface area contributed by atoms with E-state index in [1.54, 1.807) is 26.0 Å². The second-order valence-corrected chi connectivity index (χ2v) is 7.86. The Morgan fingerprint density at radius 2 is 1.50 bits per heavy atom. The Kier molecular flexibility index (Phi) is 8.34. The lowest BCUT2D eigenvalue weighted by atomic mass is 10.0. The minimum Gasteiger partial charge on any atom is -0.483 e. The van der Waals surface area contributed by atoms with E-state index in [2.05, 4.69) is 16.2 Å². The zero-order valence-electron chi connectivity index (χ0n) is 18.9. The third-order valence-corrected chi connectivity index (χ3v) is 5.01. The highest BCUT2D eigenvalue weighted by atomic mass is 19.1. The molecule has 0 spiro atoms. The number of carbonyl (C=O) groups is 3. The average Bonchev–Trinajstić information content (AvgIpc) is 2.85. The van der Waals surface area contributed by atoms with Crippen molar-refractivity contribution in [3.63, 3.8) is 0 Å². The van der Waals surface area contributed by atoms with Crippen LogP contribution in [0.5, 0.6) is 5.75 Å². The van der Waals surface area contributed by atoms with Crippen LogP contribution in [0, 0.1) is 11.7 Å². The Morgan fingerprint density at radius 3 is 2.21 bits per heavy atom. The normalized spacial score (nSPS) is 11.4. The third-order valence-electron chi connectivity index (χ3n) is 5.01. The SMILES string of the molecule is CC(C)[C@H](NC(=O)c1ccccc1F)C(=O)NNC(=O)COc1ccccc1-c1ccccc1. The summed E-state index contributed by atoms with van der Waals surface area (Å²) in [4.78, 5) is 37.2. The predicted molar refractivity (Wildman–Crippen MR) is 126 cm³/mol. The molecule has 0 bridgehead atoms. The summed E-state index contributed by atoms with van der Waals surface area (Å²) >= 11 is 0. The van der Waals surface area contributed by atoms with Gasteiger partial charge in [0.25, 0.3) is 17.7 Å². The number of para-hydroxylation sites is 1. The summed E-state index contributed by atoms with van der Waals surface area (Å²) in [7, 11) is 0. The van der Waals surface area contributed by atoms with Crippen LogP contribution in [0.15, 0.2) is 78.9 Å². The first-order valence-corrected chi connectivity index (χ1v) is 10.8. The van der Waals surface area contributed by atoms with Gasteiger partial charge in [-0.2, -0.15) is 0 Å². The second kappa shape index (κ2) is 11.6. The lowest BCUT2D eigenvalue weighted by Crippen LogP contribution is -2.55. The van der Waals surface area contributed by atoms with E-state index < -0.39 is 29.6 Å². The van der Waals surface area contributed by atoms with Crippen LogP contribution in [0.1, 0.15) is 24.2 Å². The van der Waals surface area contributed by atoms with Gasteiger partial charge in [-0.1, -0.05) is 74.5 Å². The maximum absolute atomic E-state index is 13.9. The van der Waals surface area contributed by atoms with Crippen molar-refractivity contribution < 1.29 is 23.5 Å².